The Bertz CT molecular complexity index is 548. The summed E-state index contributed by atoms with van der Waals surface area (Å²) in [4.78, 5) is 22.8. The topological polar surface area (TPSA) is 84.3 Å². The summed E-state index contributed by atoms with van der Waals surface area (Å²) in [6.07, 6.45) is 2.09. The summed E-state index contributed by atoms with van der Waals surface area (Å²) in [5, 5.41) is 17.2. The maximum absolute atomic E-state index is 12.3. The zero-order valence-corrected chi connectivity index (χ0v) is 13.7. The highest BCUT2D eigenvalue weighted by molar-refractivity contribution is 6.34. The molecule has 1 aromatic carbocycles. The molecule has 8 heteroatoms. The first-order valence-corrected chi connectivity index (χ1v) is 7.33. The van der Waals surface area contributed by atoms with Crippen molar-refractivity contribution in [3.05, 3.63) is 38.9 Å². The predicted octanol–water partition coefficient (Wildman–Crippen LogP) is 2.79. The number of rotatable bonds is 4. The minimum Gasteiger partial charge on any atom is -0.349 e. The van der Waals surface area contributed by atoms with Gasteiger partial charge in [0, 0.05) is 12.1 Å². The van der Waals surface area contributed by atoms with E-state index in [9.17, 15) is 14.9 Å². The van der Waals surface area contributed by atoms with Gasteiger partial charge in [-0.1, -0.05) is 17.7 Å². The molecule has 0 aromatic heterocycles. The Morgan fingerprint density at radius 3 is 2.86 bits per heavy atom. The van der Waals surface area contributed by atoms with E-state index in [0.29, 0.717) is 5.92 Å². The number of amides is 1. The van der Waals surface area contributed by atoms with E-state index in [4.69, 9.17) is 11.6 Å². The third kappa shape index (κ3) is 4.32. The Labute approximate surface area is 140 Å². The van der Waals surface area contributed by atoms with Gasteiger partial charge in [-0.3, -0.25) is 14.9 Å². The molecule has 0 aliphatic carbocycles. The molecule has 0 bridgehead atoms. The van der Waals surface area contributed by atoms with Gasteiger partial charge in [-0.05, 0) is 44.8 Å². The number of carbonyl (C=O) groups excluding carboxylic acids is 1. The Morgan fingerprint density at radius 1 is 1.55 bits per heavy atom. The number of nitro groups is 1. The molecule has 0 radical (unpaired) electrons. The van der Waals surface area contributed by atoms with Crippen LogP contribution in [0.5, 0.6) is 0 Å². The largest absolute Gasteiger partial charge is 0.349 e. The Kier molecular flexibility index (Phi) is 7.06. The van der Waals surface area contributed by atoms with Crippen LogP contribution in [-0.2, 0) is 0 Å². The van der Waals surface area contributed by atoms with E-state index in [1.807, 2.05) is 6.92 Å². The number of benzene rings is 1. The second-order valence-electron chi connectivity index (χ2n) is 5.26. The fraction of sp³-hybridized carbons (Fsp3) is 0.500. The molecular weight excluding hydrogens is 329 g/mol. The van der Waals surface area contributed by atoms with Crippen molar-refractivity contribution >= 4 is 35.6 Å². The monoisotopic (exact) mass is 347 g/mol. The van der Waals surface area contributed by atoms with Crippen molar-refractivity contribution < 1.29 is 9.72 Å². The number of carbonyl (C=O) groups is 1. The van der Waals surface area contributed by atoms with Crippen LogP contribution in [0.4, 0.5) is 5.69 Å². The molecule has 1 aliphatic heterocycles. The van der Waals surface area contributed by atoms with Crippen molar-refractivity contribution in [2.24, 2.45) is 5.92 Å². The second kappa shape index (κ2) is 8.31. The third-order valence-electron chi connectivity index (χ3n) is 3.82. The normalized spacial score (nSPS) is 18.9. The van der Waals surface area contributed by atoms with E-state index in [1.165, 1.54) is 18.2 Å². The summed E-state index contributed by atoms with van der Waals surface area (Å²) in [5.41, 5.74) is -0.339. The van der Waals surface area contributed by atoms with Crippen LogP contribution in [0, 0.1) is 16.0 Å². The molecule has 2 unspecified atom stereocenters. The third-order valence-corrected chi connectivity index (χ3v) is 4.13. The first kappa shape index (κ1) is 18.7. The van der Waals surface area contributed by atoms with Crippen LogP contribution in [0.1, 0.15) is 30.1 Å². The second-order valence-corrected chi connectivity index (χ2v) is 5.67. The molecule has 1 aliphatic rings. The van der Waals surface area contributed by atoms with Crippen LogP contribution >= 0.6 is 24.0 Å². The maximum Gasteiger partial charge on any atom is 0.283 e. The van der Waals surface area contributed by atoms with E-state index in [2.05, 4.69) is 10.6 Å². The molecule has 6 nitrogen and oxygen atoms in total. The van der Waals surface area contributed by atoms with Gasteiger partial charge in [0.15, 0.2) is 0 Å². The van der Waals surface area contributed by atoms with Gasteiger partial charge >= 0.3 is 0 Å². The molecule has 1 aromatic rings. The van der Waals surface area contributed by atoms with Crippen LogP contribution in [-0.4, -0.2) is 30.0 Å². The van der Waals surface area contributed by atoms with Crippen molar-refractivity contribution in [3.63, 3.8) is 0 Å². The molecule has 1 heterocycles. The summed E-state index contributed by atoms with van der Waals surface area (Å²) in [7, 11) is 0. The van der Waals surface area contributed by atoms with Crippen molar-refractivity contribution in [2.45, 2.75) is 25.8 Å². The van der Waals surface area contributed by atoms with Gasteiger partial charge in [0.1, 0.15) is 5.56 Å². The highest BCUT2D eigenvalue weighted by atomic mass is 35.5. The molecule has 2 N–H and O–H groups in total. The number of piperidine rings is 1. The lowest BCUT2D eigenvalue weighted by atomic mass is 9.92. The summed E-state index contributed by atoms with van der Waals surface area (Å²) in [6, 6.07) is 4.16. The Hall–Kier alpha value is -1.37. The predicted molar refractivity (Wildman–Crippen MR) is 87.9 cm³/mol. The van der Waals surface area contributed by atoms with E-state index in [1.54, 1.807) is 0 Å². The van der Waals surface area contributed by atoms with Crippen molar-refractivity contribution in [3.8, 4) is 0 Å². The molecule has 1 amide bonds. The van der Waals surface area contributed by atoms with Crippen LogP contribution in [0.15, 0.2) is 18.2 Å². The van der Waals surface area contributed by atoms with Crippen LogP contribution < -0.4 is 10.6 Å². The number of halogens is 2. The minimum atomic E-state index is -0.590. The molecule has 2 rings (SSSR count). The quantitative estimate of drug-likeness (QED) is 0.647. The van der Waals surface area contributed by atoms with E-state index in [-0.39, 0.29) is 34.7 Å². The summed E-state index contributed by atoms with van der Waals surface area (Å²) >= 11 is 5.96. The Morgan fingerprint density at radius 2 is 2.27 bits per heavy atom. The van der Waals surface area contributed by atoms with Crippen molar-refractivity contribution in [2.75, 3.05) is 13.1 Å². The Balaban J connectivity index is 0.00000242. The molecule has 22 heavy (non-hydrogen) atoms. The number of hydrogen-bond donors (Lipinski definition) is 2. The van der Waals surface area contributed by atoms with Gasteiger partial charge in [0.25, 0.3) is 11.6 Å². The molecule has 122 valence electrons. The summed E-state index contributed by atoms with van der Waals surface area (Å²) in [5.74, 6) is -0.172. The molecular formula is C14H19Cl2N3O3. The molecule has 1 fully saturated rings. The van der Waals surface area contributed by atoms with Crippen LogP contribution in [0.3, 0.4) is 0 Å². The summed E-state index contributed by atoms with van der Waals surface area (Å²) < 4.78 is 0. The van der Waals surface area contributed by atoms with E-state index < -0.39 is 10.8 Å². The molecule has 2 atom stereocenters. The first-order valence-electron chi connectivity index (χ1n) is 6.95. The van der Waals surface area contributed by atoms with Gasteiger partial charge in [-0.15, -0.1) is 12.4 Å². The fourth-order valence-corrected chi connectivity index (χ4v) is 2.85. The molecule has 0 spiro atoms. The average Bonchev–Trinajstić information content (AvgIpc) is 2.47. The van der Waals surface area contributed by atoms with Gasteiger partial charge in [-0.25, -0.2) is 0 Å². The van der Waals surface area contributed by atoms with Crippen molar-refractivity contribution in [1.29, 1.82) is 0 Å². The summed E-state index contributed by atoms with van der Waals surface area (Å²) in [6.45, 7) is 3.75. The van der Waals surface area contributed by atoms with Gasteiger partial charge in [-0.2, -0.15) is 0 Å². The zero-order valence-electron chi connectivity index (χ0n) is 12.2. The van der Waals surface area contributed by atoms with E-state index in [0.717, 1.165) is 25.9 Å². The minimum absolute atomic E-state index is 0. The zero-order chi connectivity index (χ0) is 15.4. The first-order chi connectivity index (χ1) is 10.0. The number of nitrogens with zero attached hydrogens (tertiary/aromatic N) is 1. The molecule has 0 saturated carbocycles. The standard InChI is InChI=1S/C14H18ClN3O3.ClH/c1-9(10-4-3-7-16-8-10)17-14(19)13-11(15)5-2-6-12(13)18(20)21;/h2,5-6,9-10,16H,3-4,7-8H2,1H3,(H,17,19);1H. The number of nitrogens with one attached hydrogen (secondary N) is 2. The molecule has 1 saturated heterocycles. The average molecular weight is 348 g/mol. The maximum atomic E-state index is 12.3. The highest BCUT2D eigenvalue weighted by Gasteiger charge is 2.27. The van der Waals surface area contributed by atoms with Crippen LogP contribution in [0.2, 0.25) is 5.02 Å². The number of hydrogen-bond acceptors (Lipinski definition) is 4. The number of nitro benzene ring substituents is 1. The smallest absolute Gasteiger partial charge is 0.283 e. The highest BCUT2D eigenvalue weighted by Crippen LogP contribution is 2.26. The fourth-order valence-electron chi connectivity index (χ4n) is 2.59. The van der Waals surface area contributed by atoms with Crippen LogP contribution in [0.25, 0.3) is 0 Å². The van der Waals surface area contributed by atoms with Gasteiger partial charge < -0.3 is 10.6 Å². The SMILES string of the molecule is CC(NC(=O)c1c(Cl)cccc1[N+](=O)[O-])C1CCCNC1.Cl. The van der Waals surface area contributed by atoms with Gasteiger partial charge in [0.2, 0.25) is 0 Å². The van der Waals surface area contributed by atoms with Gasteiger partial charge in [0.05, 0.1) is 9.95 Å². The lowest BCUT2D eigenvalue weighted by molar-refractivity contribution is -0.385. The lowest BCUT2D eigenvalue weighted by Gasteiger charge is -2.29. The lowest BCUT2D eigenvalue weighted by Crippen LogP contribution is -2.44. The van der Waals surface area contributed by atoms with E-state index >= 15 is 0 Å². The van der Waals surface area contributed by atoms with Crippen molar-refractivity contribution in [1.82, 2.24) is 10.6 Å².